The molecule has 0 saturated carbocycles. The SMILES string of the molecule is CCN(CC)CC(C)C(=O)c1ccc(OCCC(C)C)cc1. The van der Waals surface area contributed by atoms with E-state index >= 15 is 0 Å². The molecule has 0 heterocycles. The van der Waals surface area contributed by atoms with E-state index in [4.69, 9.17) is 4.74 Å². The molecule has 3 heteroatoms. The molecule has 124 valence electrons. The van der Waals surface area contributed by atoms with E-state index in [0.717, 1.165) is 44.0 Å². The number of nitrogens with zero attached hydrogens (tertiary/aromatic N) is 1. The van der Waals surface area contributed by atoms with Crippen molar-refractivity contribution in [2.24, 2.45) is 11.8 Å². The molecule has 1 aromatic carbocycles. The van der Waals surface area contributed by atoms with Gasteiger partial charge >= 0.3 is 0 Å². The maximum absolute atomic E-state index is 12.5. The average molecular weight is 305 g/mol. The van der Waals surface area contributed by atoms with Gasteiger partial charge in [0, 0.05) is 18.0 Å². The first kappa shape index (κ1) is 18.7. The summed E-state index contributed by atoms with van der Waals surface area (Å²) in [5.41, 5.74) is 0.774. The predicted octanol–water partition coefficient (Wildman–Crippen LogP) is 4.27. The van der Waals surface area contributed by atoms with E-state index in [1.165, 1.54) is 0 Å². The Kier molecular flexibility index (Phi) is 8.18. The van der Waals surface area contributed by atoms with Crippen LogP contribution in [0.25, 0.3) is 0 Å². The topological polar surface area (TPSA) is 29.5 Å². The van der Waals surface area contributed by atoms with Gasteiger partial charge in [-0.1, -0.05) is 34.6 Å². The average Bonchev–Trinajstić information content (AvgIpc) is 2.52. The van der Waals surface area contributed by atoms with Crippen molar-refractivity contribution >= 4 is 5.78 Å². The lowest BCUT2D eigenvalue weighted by Crippen LogP contribution is -2.31. The number of ether oxygens (including phenoxy) is 1. The monoisotopic (exact) mass is 305 g/mol. The third-order valence-corrected chi connectivity index (χ3v) is 3.98. The van der Waals surface area contributed by atoms with Crippen LogP contribution in [0.1, 0.15) is 51.4 Å². The van der Waals surface area contributed by atoms with Gasteiger partial charge in [0.05, 0.1) is 6.61 Å². The summed E-state index contributed by atoms with van der Waals surface area (Å²) in [5, 5.41) is 0. The summed E-state index contributed by atoms with van der Waals surface area (Å²) in [4.78, 5) is 14.7. The van der Waals surface area contributed by atoms with Gasteiger partial charge in [-0.15, -0.1) is 0 Å². The Morgan fingerprint density at radius 1 is 1.09 bits per heavy atom. The van der Waals surface area contributed by atoms with Crippen molar-refractivity contribution in [2.45, 2.75) is 41.0 Å². The molecule has 0 N–H and O–H groups in total. The van der Waals surface area contributed by atoms with Gasteiger partial charge in [0.15, 0.2) is 5.78 Å². The molecule has 1 rings (SSSR count). The zero-order chi connectivity index (χ0) is 16.5. The zero-order valence-electron chi connectivity index (χ0n) is 14.8. The highest BCUT2D eigenvalue weighted by Gasteiger charge is 2.17. The highest BCUT2D eigenvalue weighted by Crippen LogP contribution is 2.16. The summed E-state index contributed by atoms with van der Waals surface area (Å²) in [7, 11) is 0. The van der Waals surface area contributed by atoms with Gasteiger partial charge in [0.25, 0.3) is 0 Å². The summed E-state index contributed by atoms with van der Waals surface area (Å²) in [6, 6.07) is 7.56. The lowest BCUT2D eigenvalue weighted by molar-refractivity contribution is 0.0898. The van der Waals surface area contributed by atoms with E-state index in [1.807, 2.05) is 31.2 Å². The molecule has 22 heavy (non-hydrogen) atoms. The molecule has 0 saturated heterocycles. The molecular formula is C19H31NO2. The van der Waals surface area contributed by atoms with Crippen molar-refractivity contribution < 1.29 is 9.53 Å². The van der Waals surface area contributed by atoms with Gasteiger partial charge < -0.3 is 9.64 Å². The number of benzene rings is 1. The Morgan fingerprint density at radius 3 is 2.18 bits per heavy atom. The minimum Gasteiger partial charge on any atom is -0.494 e. The molecule has 0 bridgehead atoms. The van der Waals surface area contributed by atoms with Crippen LogP contribution in [0.5, 0.6) is 5.75 Å². The molecule has 1 atom stereocenters. The Labute approximate surface area is 135 Å². The fraction of sp³-hybridized carbons (Fsp3) is 0.632. The molecule has 0 fully saturated rings. The van der Waals surface area contributed by atoms with Gasteiger partial charge in [0.1, 0.15) is 5.75 Å². The van der Waals surface area contributed by atoms with E-state index in [2.05, 4.69) is 32.6 Å². The van der Waals surface area contributed by atoms with Crippen LogP contribution in [-0.2, 0) is 0 Å². The lowest BCUT2D eigenvalue weighted by Gasteiger charge is -2.22. The number of rotatable bonds is 10. The van der Waals surface area contributed by atoms with Crippen molar-refractivity contribution in [3.63, 3.8) is 0 Å². The minimum absolute atomic E-state index is 0.0209. The Hall–Kier alpha value is -1.35. The fourth-order valence-corrected chi connectivity index (χ4v) is 2.36. The van der Waals surface area contributed by atoms with Crippen molar-refractivity contribution in [3.8, 4) is 5.75 Å². The molecule has 3 nitrogen and oxygen atoms in total. The first-order chi connectivity index (χ1) is 10.5. The highest BCUT2D eigenvalue weighted by atomic mass is 16.5. The number of Topliss-reactive ketones (excluding diaryl/α,β-unsaturated/α-hetero) is 1. The van der Waals surface area contributed by atoms with E-state index in [9.17, 15) is 4.79 Å². The number of hydrogen-bond donors (Lipinski definition) is 0. The van der Waals surface area contributed by atoms with Gasteiger partial charge in [-0.25, -0.2) is 0 Å². The summed E-state index contributed by atoms with van der Waals surface area (Å²) in [5.74, 6) is 1.71. The van der Waals surface area contributed by atoms with Crippen LogP contribution in [0.15, 0.2) is 24.3 Å². The molecule has 0 amide bonds. The van der Waals surface area contributed by atoms with Crippen molar-refractivity contribution in [1.29, 1.82) is 0 Å². The number of hydrogen-bond acceptors (Lipinski definition) is 3. The largest absolute Gasteiger partial charge is 0.494 e. The van der Waals surface area contributed by atoms with Gasteiger partial charge in [-0.05, 0) is 49.7 Å². The van der Waals surface area contributed by atoms with Crippen LogP contribution >= 0.6 is 0 Å². The zero-order valence-corrected chi connectivity index (χ0v) is 14.8. The maximum Gasteiger partial charge on any atom is 0.166 e. The van der Waals surface area contributed by atoms with Crippen molar-refractivity contribution in [3.05, 3.63) is 29.8 Å². The summed E-state index contributed by atoms with van der Waals surface area (Å²) in [6.45, 7) is 14.1. The Balaban J connectivity index is 2.56. The number of carbonyl (C=O) groups is 1. The fourth-order valence-electron chi connectivity index (χ4n) is 2.36. The van der Waals surface area contributed by atoms with E-state index in [0.29, 0.717) is 5.92 Å². The normalized spacial score (nSPS) is 12.7. The maximum atomic E-state index is 12.5. The second kappa shape index (κ2) is 9.62. The van der Waals surface area contributed by atoms with Crippen molar-refractivity contribution in [2.75, 3.05) is 26.2 Å². The van der Waals surface area contributed by atoms with Gasteiger partial charge in [-0.3, -0.25) is 4.79 Å². The molecule has 0 aliphatic carbocycles. The molecule has 1 aromatic rings. The molecule has 0 aliphatic heterocycles. The summed E-state index contributed by atoms with van der Waals surface area (Å²) >= 11 is 0. The van der Waals surface area contributed by atoms with Crippen LogP contribution in [0.3, 0.4) is 0 Å². The second-order valence-electron chi connectivity index (χ2n) is 6.31. The standard InChI is InChI=1S/C19H31NO2/c1-6-20(7-2)14-16(5)19(21)17-8-10-18(11-9-17)22-13-12-15(3)4/h8-11,15-16H,6-7,12-14H2,1-5H3. The molecule has 0 aliphatic rings. The first-order valence-electron chi connectivity index (χ1n) is 8.47. The molecule has 1 unspecified atom stereocenters. The summed E-state index contributed by atoms with van der Waals surface area (Å²) in [6.07, 6.45) is 1.04. The van der Waals surface area contributed by atoms with Crippen LogP contribution in [0, 0.1) is 11.8 Å². The lowest BCUT2D eigenvalue weighted by atomic mass is 9.98. The summed E-state index contributed by atoms with van der Waals surface area (Å²) < 4.78 is 5.69. The minimum atomic E-state index is 0.0209. The second-order valence-corrected chi connectivity index (χ2v) is 6.31. The molecule has 0 spiro atoms. The van der Waals surface area contributed by atoms with Crippen LogP contribution in [-0.4, -0.2) is 36.9 Å². The Morgan fingerprint density at radius 2 is 1.68 bits per heavy atom. The third kappa shape index (κ3) is 6.18. The van der Waals surface area contributed by atoms with E-state index in [1.54, 1.807) is 0 Å². The Bertz CT molecular complexity index is 435. The highest BCUT2D eigenvalue weighted by molar-refractivity contribution is 5.97. The van der Waals surface area contributed by atoms with Crippen LogP contribution in [0.2, 0.25) is 0 Å². The van der Waals surface area contributed by atoms with E-state index in [-0.39, 0.29) is 11.7 Å². The van der Waals surface area contributed by atoms with E-state index < -0.39 is 0 Å². The van der Waals surface area contributed by atoms with Crippen LogP contribution in [0.4, 0.5) is 0 Å². The molecule has 0 aromatic heterocycles. The molecular weight excluding hydrogens is 274 g/mol. The predicted molar refractivity (Wildman–Crippen MR) is 92.7 cm³/mol. The molecule has 0 radical (unpaired) electrons. The van der Waals surface area contributed by atoms with Gasteiger partial charge in [0.2, 0.25) is 0 Å². The van der Waals surface area contributed by atoms with Crippen molar-refractivity contribution in [1.82, 2.24) is 4.90 Å². The van der Waals surface area contributed by atoms with Gasteiger partial charge in [-0.2, -0.15) is 0 Å². The smallest absolute Gasteiger partial charge is 0.166 e. The third-order valence-electron chi connectivity index (χ3n) is 3.98. The van der Waals surface area contributed by atoms with Crippen LogP contribution < -0.4 is 4.74 Å². The number of ketones is 1. The first-order valence-corrected chi connectivity index (χ1v) is 8.47. The number of carbonyl (C=O) groups excluding carboxylic acids is 1. The quantitative estimate of drug-likeness (QED) is 0.605.